The normalized spacial score (nSPS) is 13.6. The van der Waals surface area contributed by atoms with E-state index in [4.69, 9.17) is 9.15 Å². The Kier molecular flexibility index (Phi) is 4.24. The quantitative estimate of drug-likeness (QED) is 0.848. The average molecular weight is 330 g/mol. The van der Waals surface area contributed by atoms with Gasteiger partial charge < -0.3 is 13.7 Å². The van der Waals surface area contributed by atoms with Crippen LogP contribution >= 0.6 is 0 Å². The van der Waals surface area contributed by atoms with Crippen LogP contribution in [-0.4, -0.2) is 29.0 Å². The molecule has 0 radical (unpaired) electrons. The van der Waals surface area contributed by atoms with Gasteiger partial charge in [-0.1, -0.05) is 0 Å². The summed E-state index contributed by atoms with van der Waals surface area (Å²) in [6, 6.07) is 5.19. The lowest BCUT2D eigenvalue weighted by atomic mass is 10.2. The number of carbonyl (C=O) groups is 3. The zero-order chi connectivity index (χ0) is 17.3. The van der Waals surface area contributed by atoms with E-state index < -0.39 is 24.4 Å². The maximum absolute atomic E-state index is 12.2. The number of aryl methyl sites for hydroxylation is 1. The molecular formula is C17H18N2O5. The van der Waals surface area contributed by atoms with Crippen molar-refractivity contribution >= 4 is 17.8 Å². The molecule has 0 unspecified atom stereocenters. The largest absolute Gasteiger partial charge is 0.459 e. The van der Waals surface area contributed by atoms with Gasteiger partial charge in [-0.05, 0) is 44.9 Å². The maximum atomic E-state index is 12.2. The number of amides is 2. The summed E-state index contributed by atoms with van der Waals surface area (Å²) < 4.78 is 12.0. The van der Waals surface area contributed by atoms with Crippen LogP contribution in [0.5, 0.6) is 0 Å². The van der Waals surface area contributed by atoms with Crippen LogP contribution in [-0.2, 0) is 9.53 Å². The first-order chi connectivity index (χ1) is 11.5. The number of nitrogens with one attached hydrogen (secondary N) is 1. The fraction of sp³-hybridized carbons (Fsp3) is 0.353. The Labute approximate surface area is 138 Å². The van der Waals surface area contributed by atoms with Crippen molar-refractivity contribution in [2.75, 3.05) is 6.61 Å². The van der Waals surface area contributed by atoms with E-state index in [0.29, 0.717) is 11.6 Å². The Balaban J connectivity index is 1.56. The summed E-state index contributed by atoms with van der Waals surface area (Å²) in [5.74, 6) is -1.94. The number of aromatic nitrogens is 1. The van der Waals surface area contributed by atoms with Crippen molar-refractivity contribution in [1.29, 1.82) is 0 Å². The number of imide groups is 1. The monoisotopic (exact) mass is 330 g/mol. The molecule has 24 heavy (non-hydrogen) atoms. The molecule has 0 aromatic carbocycles. The van der Waals surface area contributed by atoms with Crippen LogP contribution in [0.2, 0.25) is 0 Å². The van der Waals surface area contributed by atoms with Crippen LogP contribution in [0.3, 0.4) is 0 Å². The van der Waals surface area contributed by atoms with Crippen LogP contribution in [0, 0.1) is 13.8 Å². The number of hydrogen-bond donors (Lipinski definition) is 1. The Morgan fingerprint density at radius 3 is 2.71 bits per heavy atom. The number of ether oxygens (including phenoxy) is 1. The Hall–Kier alpha value is -2.83. The van der Waals surface area contributed by atoms with Gasteiger partial charge in [-0.2, -0.15) is 0 Å². The summed E-state index contributed by atoms with van der Waals surface area (Å²) in [4.78, 5) is 35.5. The summed E-state index contributed by atoms with van der Waals surface area (Å²) in [6.45, 7) is 3.28. The molecule has 7 nitrogen and oxygen atoms in total. The van der Waals surface area contributed by atoms with E-state index in [1.165, 1.54) is 18.4 Å². The highest BCUT2D eigenvalue weighted by Gasteiger charge is 2.29. The molecule has 1 saturated carbocycles. The first-order valence-electron chi connectivity index (χ1n) is 7.70. The predicted octanol–water partition coefficient (Wildman–Crippen LogP) is 2.15. The van der Waals surface area contributed by atoms with Gasteiger partial charge >= 0.3 is 5.97 Å². The van der Waals surface area contributed by atoms with E-state index >= 15 is 0 Å². The lowest BCUT2D eigenvalue weighted by molar-refractivity contribution is -0.123. The van der Waals surface area contributed by atoms with Gasteiger partial charge in [-0.15, -0.1) is 0 Å². The number of furan rings is 1. The van der Waals surface area contributed by atoms with E-state index in [1.807, 2.05) is 13.8 Å². The van der Waals surface area contributed by atoms with E-state index in [2.05, 4.69) is 9.88 Å². The van der Waals surface area contributed by atoms with Gasteiger partial charge in [-0.25, -0.2) is 4.79 Å². The molecule has 1 N–H and O–H groups in total. The maximum Gasteiger partial charge on any atom is 0.340 e. The lowest BCUT2D eigenvalue weighted by Crippen LogP contribution is -2.34. The van der Waals surface area contributed by atoms with Gasteiger partial charge in [0.1, 0.15) is 0 Å². The Morgan fingerprint density at radius 1 is 1.33 bits per heavy atom. The first kappa shape index (κ1) is 16.0. The minimum atomic E-state index is -0.708. The number of esters is 1. The molecule has 1 aliphatic rings. The number of carbonyl (C=O) groups excluding carboxylic acids is 3. The molecule has 2 aromatic rings. The SMILES string of the molecule is Cc1cc(C(=O)OCC(=O)NC(=O)c2ccco2)c(C)n1C1CC1. The van der Waals surface area contributed by atoms with Crippen LogP contribution in [0.1, 0.15) is 51.2 Å². The molecule has 7 heteroatoms. The third-order valence-electron chi connectivity index (χ3n) is 3.95. The van der Waals surface area contributed by atoms with Crippen molar-refractivity contribution in [3.63, 3.8) is 0 Å². The van der Waals surface area contributed by atoms with Crippen LogP contribution in [0.4, 0.5) is 0 Å². The second kappa shape index (κ2) is 6.35. The molecule has 0 atom stereocenters. The zero-order valence-electron chi connectivity index (χ0n) is 13.5. The van der Waals surface area contributed by atoms with E-state index in [0.717, 1.165) is 24.2 Å². The second-order valence-electron chi connectivity index (χ2n) is 5.82. The topological polar surface area (TPSA) is 90.5 Å². The minimum Gasteiger partial charge on any atom is -0.459 e. The van der Waals surface area contributed by atoms with E-state index in [1.54, 1.807) is 6.07 Å². The summed E-state index contributed by atoms with van der Waals surface area (Å²) in [5, 5.41) is 2.09. The third kappa shape index (κ3) is 3.24. The molecule has 126 valence electrons. The zero-order valence-corrected chi connectivity index (χ0v) is 13.5. The molecule has 0 aliphatic heterocycles. The standard InChI is InChI=1S/C17H18N2O5/c1-10-8-13(11(2)19(10)12-5-6-12)17(22)24-9-15(20)18-16(21)14-4-3-7-23-14/h3-4,7-8,12H,5-6,9H2,1-2H3,(H,18,20,21). The molecule has 0 saturated heterocycles. The van der Waals surface area contributed by atoms with Gasteiger partial charge in [0.05, 0.1) is 11.8 Å². The number of hydrogen-bond acceptors (Lipinski definition) is 5. The minimum absolute atomic E-state index is 0.0163. The molecule has 0 bridgehead atoms. The molecule has 1 aliphatic carbocycles. The summed E-state index contributed by atoms with van der Waals surface area (Å²) in [7, 11) is 0. The van der Waals surface area contributed by atoms with Crippen molar-refractivity contribution in [3.05, 3.63) is 47.2 Å². The summed E-state index contributed by atoms with van der Waals surface area (Å²) in [5.41, 5.74) is 2.29. The fourth-order valence-corrected chi connectivity index (χ4v) is 2.72. The molecule has 2 amide bonds. The molecule has 0 spiro atoms. The van der Waals surface area contributed by atoms with Gasteiger partial charge in [0.2, 0.25) is 0 Å². The molecule has 2 aromatic heterocycles. The van der Waals surface area contributed by atoms with Crippen molar-refractivity contribution in [2.45, 2.75) is 32.7 Å². The molecule has 3 rings (SSSR count). The first-order valence-corrected chi connectivity index (χ1v) is 7.70. The van der Waals surface area contributed by atoms with Crippen molar-refractivity contribution in [1.82, 2.24) is 9.88 Å². The van der Waals surface area contributed by atoms with Crippen LogP contribution < -0.4 is 5.32 Å². The van der Waals surface area contributed by atoms with Crippen LogP contribution in [0.25, 0.3) is 0 Å². The Bertz CT molecular complexity index is 784. The molecule has 2 heterocycles. The van der Waals surface area contributed by atoms with E-state index in [9.17, 15) is 14.4 Å². The molecule has 1 fully saturated rings. The molecular weight excluding hydrogens is 312 g/mol. The predicted molar refractivity (Wildman–Crippen MR) is 83.6 cm³/mol. The number of rotatable bonds is 5. The van der Waals surface area contributed by atoms with Crippen LogP contribution in [0.15, 0.2) is 28.9 Å². The Morgan fingerprint density at radius 2 is 2.08 bits per heavy atom. The smallest absolute Gasteiger partial charge is 0.340 e. The fourth-order valence-electron chi connectivity index (χ4n) is 2.72. The van der Waals surface area contributed by atoms with Gasteiger partial charge in [0.25, 0.3) is 11.8 Å². The van der Waals surface area contributed by atoms with Gasteiger partial charge in [0.15, 0.2) is 12.4 Å². The highest BCUT2D eigenvalue weighted by molar-refractivity contribution is 6.04. The lowest BCUT2D eigenvalue weighted by Gasteiger charge is -2.08. The van der Waals surface area contributed by atoms with Crippen molar-refractivity contribution in [2.24, 2.45) is 0 Å². The highest BCUT2D eigenvalue weighted by atomic mass is 16.5. The van der Waals surface area contributed by atoms with Crippen molar-refractivity contribution in [3.8, 4) is 0 Å². The van der Waals surface area contributed by atoms with E-state index in [-0.39, 0.29) is 5.76 Å². The van der Waals surface area contributed by atoms with Crippen molar-refractivity contribution < 1.29 is 23.5 Å². The third-order valence-corrected chi connectivity index (χ3v) is 3.95. The van der Waals surface area contributed by atoms with Gasteiger partial charge in [-0.3, -0.25) is 14.9 Å². The second-order valence-corrected chi connectivity index (χ2v) is 5.82. The average Bonchev–Trinajstić information content (AvgIpc) is 3.11. The van der Waals surface area contributed by atoms with Gasteiger partial charge in [0, 0.05) is 17.4 Å². The number of nitrogens with zero attached hydrogens (tertiary/aromatic N) is 1. The summed E-state index contributed by atoms with van der Waals surface area (Å²) >= 11 is 0. The highest BCUT2D eigenvalue weighted by Crippen LogP contribution is 2.38. The summed E-state index contributed by atoms with van der Waals surface area (Å²) in [6.07, 6.45) is 3.55.